The van der Waals surface area contributed by atoms with E-state index < -0.39 is 6.09 Å². The molecule has 5 nitrogen and oxygen atoms in total. The zero-order valence-electron chi connectivity index (χ0n) is 7.56. The summed E-state index contributed by atoms with van der Waals surface area (Å²) in [5.74, 6) is 0. The van der Waals surface area contributed by atoms with Gasteiger partial charge in [-0.1, -0.05) is 0 Å². The molecule has 0 aliphatic carbocycles. The van der Waals surface area contributed by atoms with Crippen molar-refractivity contribution < 1.29 is 9.53 Å². The largest absolute Gasteiger partial charge is 0.453 e. The molecule has 6 heteroatoms. The lowest BCUT2D eigenvalue weighted by Gasteiger charge is -2.01. The van der Waals surface area contributed by atoms with E-state index in [2.05, 4.69) is 15.0 Å². The molecule has 0 unspecified atom stereocenters. The van der Waals surface area contributed by atoms with Crippen molar-refractivity contribution >= 4 is 22.4 Å². The van der Waals surface area contributed by atoms with E-state index in [1.807, 2.05) is 16.0 Å². The Morgan fingerprint density at radius 3 is 3.43 bits per heavy atom. The van der Waals surface area contributed by atoms with Gasteiger partial charge < -0.3 is 10.1 Å². The average Bonchev–Trinajstić information content (AvgIpc) is 2.76. The van der Waals surface area contributed by atoms with E-state index >= 15 is 0 Å². The Balaban J connectivity index is 2.11. The number of ether oxygens (including phenoxy) is 1. The standard InChI is InChI=1S/C8H9N3O2S/c1-13-8(12)10-4-6-5-14-7-9-2-3-11(6)7/h2-3,5H,4H2,1H3,(H,10,12). The lowest BCUT2D eigenvalue weighted by molar-refractivity contribution is 0.170. The smallest absolute Gasteiger partial charge is 0.407 e. The molecule has 74 valence electrons. The van der Waals surface area contributed by atoms with Crippen LogP contribution < -0.4 is 5.32 Å². The molecular weight excluding hydrogens is 202 g/mol. The number of carbonyl (C=O) groups excluding carboxylic acids is 1. The minimum atomic E-state index is -0.426. The summed E-state index contributed by atoms with van der Waals surface area (Å²) in [7, 11) is 1.34. The van der Waals surface area contributed by atoms with Crippen LogP contribution in [0, 0.1) is 0 Å². The fourth-order valence-corrected chi connectivity index (χ4v) is 1.99. The van der Waals surface area contributed by atoms with Gasteiger partial charge in [-0.3, -0.25) is 4.40 Å². The van der Waals surface area contributed by atoms with E-state index in [4.69, 9.17) is 0 Å². The van der Waals surface area contributed by atoms with Crippen molar-refractivity contribution in [2.75, 3.05) is 7.11 Å². The molecule has 0 bridgehead atoms. The summed E-state index contributed by atoms with van der Waals surface area (Å²) < 4.78 is 6.40. The second-order valence-corrected chi connectivity index (χ2v) is 3.49. The van der Waals surface area contributed by atoms with E-state index in [0.29, 0.717) is 6.54 Å². The number of rotatable bonds is 2. The molecule has 2 aromatic rings. The Morgan fingerprint density at radius 1 is 1.79 bits per heavy atom. The predicted octanol–water partition coefficient (Wildman–Crippen LogP) is 1.25. The van der Waals surface area contributed by atoms with E-state index in [1.54, 1.807) is 6.20 Å². The topological polar surface area (TPSA) is 55.6 Å². The number of fused-ring (bicyclic) bond motifs is 1. The quantitative estimate of drug-likeness (QED) is 0.813. The van der Waals surface area contributed by atoms with Crippen LogP contribution in [0.25, 0.3) is 4.96 Å². The predicted molar refractivity (Wildman–Crippen MR) is 52.3 cm³/mol. The van der Waals surface area contributed by atoms with Crippen LogP contribution in [0.4, 0.5) is 4.79 Å². The Kier molecular flexibility index (Phi) is 2.36. The van der Waals surface area contributed by atoms with Crippen molar-refractivity contribution in [1.82, 2.24) is 14.7 Å². The van der Waals surface area contributed by atoms with Gasteiger partial charge >= 0.3 is 6.09 Å². The van der Waals surface area contributed by atoms with E-state index in [1.165, 1.54) is 18.4 Å². The Labute approximate surface area is 84.3 Å². The molecule has 0 aromatic carbocycles. The van der Waals surface area contributed by atoms with Gasteiger partial charge in [-0.25, -0.2) is 9.78 Å². The number of aromatic nitrogens is 2. The van der Waals surface area contributed by atoms with Gasteiger partial charge in [0.25, 0.3) is 0 Å². The number of thiazole rings is 1. The van der Waals surface area contributed by atoms with Gasteiger partial charge in [-0.2, -0.15) is 0 Å². The molecule has 0 fully saturated rings. The van der Waals surface area contributed by atoms with Crippen LogP contribution in [0.1, 0.15) is 5.69 Å². The molecule has 2 rings (SSSR count). The summed E-state index contributed by atoms with van der Waals surface area (Å²) in [6.07, 6.45) is 3.16. The van der Waals surface area contributed by atoms with Crippen LogP contribution in [-0.2, 0) is 11.3 Å². The molecule has 0 aliphatic heterocycles. The first-order valence-electron chi connectivity index (χ1n) is 4.02. The van der Waals surface area contributed by atoms with Crippen LogP contribution in [0.2, 0.25) is 0 Å². The maximum atomic E-state index is 10.8. The third-order valence-corrected chi connectivity index (χ3v) is 2.72. The van der Waals surface area contributed by atoms with Crippen LogP contribution in [0.3, 0.4) is 0 Å². The fourth-order valence-electron chi connectivity index (χ4n) is 1.13. The molecule has 0 spiro atoms. The number of hydrogen-bond acceptors (Lipinski definition) is 4. The molecule has 2 aromatic heterocycles. The van der Waals surface area contributed by atoms with Gasteiger partial charge in [0, 0.05) is 17.8 Å². The third-order valence-electron chi connectivity index (χ3n) is 1.82. The molecular formula is C8H9N3O2S. The molecule has 14 heavy (non-hydrogen) atoms. The third kappa shape index (κ3) is 1.56. The Morgan fingerprint density at radius 2 is 2.64 bits per heavy atom. The van der Waals surface area contributed by atoms with Crippen LogP contribution in [0.15, 0.2) is 17.8 Å². The maximum Gasteiger partial charge on any atom is 0.407 e. The van der Waals surface area contributed by atoms with Crippen LogP contribution in [-0.4, -0.2) is 22.6 Å². The van der Waals surface area contributed by atoms with E-state index in [9.17, 15) is 4.79 Å². The maximum absolute atomic E-state index is 10.8. The van der Waals surface area contributed by atoms with Crippen molar-refractivity contribution in [1.29, 1.82) is 0 Å². The minimum absolute atomic E-state index is 0.426. The van der Waals surface area contributed by atoms with Crippen LogP contribution >= 0.6 is 11.3 Å². The summed E-state index contributed by atoms with van der Waals surface area (Å²) in [6.45, 7) is 0.447. The van der Waals surface area contributed by atoms with Gasteiger partial charge in [0.05, 0.1) is 19.3 Å². The molecule has 1 N–H and O–H groups in total. The molecule has 0 atom stereocenters. The molecule has 1 amide bonds. The number of carbonyl (C=O) groups is 1. The fraction of sp³-hybridized carbons (Fsp3) is 0.250. The average molecular weight is 211 g/mol. The van der Waals surface area contributed by atoms with Crippen molar-refractivity contribution in [3.63, 3.8) is 0 Å². The summed E-state index contributed by atoms with van der Waals surface area (Å²) in [6, 6.07) is 0. The number of hydrogen-bond donors (Lipinski definition) is 1. The number of alkyl carbamates (subject to hydrolysis) is 1. The van der Waals surface area contributed by atoms with E-state index in [0.717, 1.165) is 10.7 Å². The van der Waals surface area contributed by atoms with Gasteiger partial charge in [0.2, 0.25) is 0 Å². The zero-order chi connectivity index (χ0) is 9.97. The van der Waals surface area contributed by atoms with Crippen molar-refractivity contribution in [3.05, 3.63) is 23.5 Å². The highest BCUT2D eigenvalue weighted by Crippen LogP contribution is 2.13. The number of nitrogens with one attached hydrogen (secondary N) is 1. The van der Waals surface area contributed by atoms with E-state index in [-0.39, 0.29) is 0 Å². The molecule has 0 saturated heterocycles. The highest BCUT2D eigenvalue weighted by molar-refractivity contribution is 7.15. The second kappa shape index (κ2) is 3.67. The van der Waals surface area contributed by atoms with Crippen LogP contribution in [0.5, 0.6) is 0 Å². The van der Waals surface area contributed by atoms with Crippen molar-refractivity contribution in [2.24, 2.45) is 0 Å². The first-order chi connectivity index (χ1) is 6.81. The molecule has 2 heterocycles. The second-order valence-electron chi connectivity index (χ2n) is 2.65. The summed E-state index contributed by atoms with van der Waals surface area (Å²) in [4.78, 5) is 15.9. The number of methoxy groups -OCH3 is 1. The lowest BCUT2D eigenvalue weighted by atomic mass is 10.5. The minimum Gasteiger partial charge on any atom is -0.453 e. The summed E-state index contributed by atoms with van der Waals surface area (Å²) in [5, 5.41) is 4.57. The highest BCUT2D eigenvalue weighted by atomic mass is 32.1. The van der Waals surface area contributed by atoms with Gasteiger partial charge in [0.15, 0.2) is 4.96 Å². The number of nitrogens with zero attached hydrogens (tertiary/aromatic N) is 2. The lowest BCUT2D eigenvalue weighted by Crippen LogP contribution is -2.22. The van der Waals surface area contributed by atoms with Gasteiger partial charge in [-0.05, 0) is 0 Å². The zero-order valence-corrected chi connectivity index (χ0v) is 8.37. The summed E-state index contributed by atoms with van der Waals surface area (Å²) in [5.41, 5.74) is 0.993. The highest BCUT2D eigenvalue weighted by Gasteiger charge is 2.05. The number of amides is 1. The Hall–Kier alpha value is -1.56. The van der Waals surface area contributed by atoms with Crippen molar-refractivity contribution in [2.45, 2.75) is 6.54 Å². The molecule has 0 saturated carbocycles. The Bertz CT molecular complexity index is 448. The first kappa shape index (κ1) is 9.01. The summed E-state index contributed by atoms with van der Waals surface area (Å²) >= 11 is 1.54. The van der Waals surface area contributed by atoms with Gasteiger partial charge in [-0.15, -0.1) is 11.3 Å². The molecule has 0 aliphatic rings. The monoisotopic (exact) mass is 211 g/mol. The molecule has 0 radical (unpaired) electrons. The van der Waals surface area contributed by atoms with Gasteiger partial charge in [0.1, 0.15) is 0 Å². The number of imidazole rings is 1. The first-order valence-corrected chi connectivity index (χ1v) is 4.90. The normalized spacial score (nSPS) is 10.4. The van der Waals surface area contributed by atoms with Crippen molar-refractivity contribution in [3.8, 4) is 0 Å². The SMILES string of the molecule is COC(=O)NCc1csc2nccn12.